The van der Waals surface area contributed by atoms with Crippen LogP contribution in [-0.2, 0) is 11.2 Å². The van der Waals surface area contributed by atoms with E-state index in [1.807, 2.05) is 11.0 Å². The molecule has 1 fully saturated rings. The van der Waals surface area contributed by atoms with Crippen molar-refractivity contribution in [1.29, 1.82) is 0 Å². The maximum absolute atomic E-state index is 12.5. The van der Waals surface area contributed by atoms with Gasteiger partial charge in [0.05, 0.1) is 12.7 Å². The fourth-order valence-electron chi connectivity index (χ4n) is 3.05. The van der Waals surface area contributed by atoms with E-state index < -0.39 is 0 Å². The second-order valence-corrected chi connectivity index (χ2v) is 6.25. The molecule has 1 atom stereocenters. The first-order valence-electron chi connectivity index (χ1n) is 8.47. The molecule has 1 saturated heterocycles. The number of aromatic nitrogens is 2. The Bertz CT molecular complexity index is 675. The van der Waals surface area contributed by atoms with Crippen LogP contribution in [-0.4, -0.2) is 40.0 Å². The van der Waals surface area contributed by atoms with Crippen molar-refractivity contribution in [2.45, 2.75) is 38.7 Å². The van der Waals surface area contributed by atoms with Crippen molar-refractivity contribution in [3.63, 3.8) is 0 Å². The zero-order valence-corrected chi connectivity index (χ0v) is 14.0. The minimum Gasteiger partial charge on any atom is -0.471 e. The number of likely N-dealkylation sites (tertiary alicyclic amines) is 1. The van der Waals surface area contributed by atoms with E-state index in [9.17, 15) is 4.79 Å². The quantitative estimate of drug-likeness (QED) is 0.848. The van der Waals surface area contributed by atoms with Crippen molar-refractivity contribution in [1.82, 2.24) is 14.9 Å². The van der Waals surface area contributed by atoms with Gasteiger partial charge in [-0.3, -0.25) is 9.78 Å². The van der Waals surface area contributed by atoms with Crippen LogP contribution in [0, 0.1) is 6.92 Å². The van der Waals surface area contributed by atoms with Crippen LogP contribution in [0.5, 0.6) is 5.88 Å². The molecule has 0 radical (unpaired) electrons. The summed E-state index contributed by atoms with van der Waals surface area (Å²) in [7, 11) is 0. The van der Waals surface area contributed by atoms with E-state index in [0.29, 0.717) is 18.8 Å². The highest BCUT2D eigenvalue weighted by atomic mass is 16.5. The van der Waals surface area contributed by atoms with Crippen molar-refractivity contribution in [3.8, 4) is 5.88 Å². The molecule has 5 nitrogen and oxygen atoms in total. The minimum atomic E-state index is -0.00151. The zero-order valence-electron chi connectivity index (χ0n) is 14.0. The van der Waals surface area contributed by atoms with Crippen LogP contribution < -0.4 is 4.74 Å². The third kappa shape index (κ3) is 4.54. The highest BCUT2D eigenvalue weighted by Crippen LogP contribution is 2.17. The summed E-state index contributed by atoms with van der Waals surface area (Å²) in [5.41, 5.74) is 2.45. The standard InChI is InChI=1S/C19H23N3O2/c1-15-4-2-5-16(12-15)7-8-19(23)22-11-3-6-17(14-22)24-18-13-20-9-10-21-18/h2,4-5,9-10,12-13,17H,3,6-8,11,14H2,1H3/t17-/m0/s1. The van der Waals surface area contributed by atoms with Gasteiger partial charge in [0.25, 0.3) is 0 Å². The molecule has 0 bridgehead atoms. The summed E-state index contributed by atoms with van der Waals surface area (Å²) < 4.78 is 5.85. The second-order valence-electron chi connectivity index (χ2n) is 6.25. The second kappa shape index (κ2) is 7.90. The van der Waals surface area contributed by atoms with E-state index in [1.165, 1.54) is 11.1 Å². The molecule has 126 valence electrons. The van der Waals surface area contributed by atoms with E-state index in [2.05, 4.69) is 35.1 Å². The molecular weight excluding hydrogens is 302 g/mol. The monoisotopic (exact) mass is 325 g/mol. The lowest BCUT2D eigenvalue weighted by Crippen LogP contribution is -2.44. The van der Waals surface area contributed by atoms with Crippen molar-refractivity contribution >= 4 is 5.91 Å². The highest BCUT2D eigenvalue weighted by Gasteiger charge is 2.24. The van der Waals surface area contributed by atoms with Crippen LogP contribution in [0.1, 0.15) is 30.4 Å². The molecule has 1 aromatic heterocycles. The molecule has 1 aliphatic heterocycles. The van der Waals surface area contributed by atoms with E-state index in [-0.39, 0.29) is 12.0 Å². The van der Waals surface area contributed by atoms with E-state index in [0.717, 1.165) is 25.8 Å². The molecule has 5 heteroatoms. The third-order valence-electron chi connectivity index (χ3n) is 4.27. The average molecular weight is 325 g/mol. The number of ether oxygens (including phenoxy) is 1. The van der Waals surface area contributed by atoms with Crippen LogP contribution in [0.3, 0.4) is 0 Å². The first-order valence-corrected chi connectivity index (χ1v) is 8.47. The van der Waals surface area contributed by atoms with Gasteiger partial charge in [-0.1, -0.05) is 29.8 Å². The van der Waals surface area contributed by atoms with Gasteiger partial charge in [0.15, 0.2) is 0 Å². The fourth-order valence-corrected chi connectivity index (χ4v) is 3.05. The molecule has 0 N–H and O–H groups in total. The molecule has 0 spiro atoms. The Morgan fingerprint density at radius 2 is 2.29 bits per heavy atom. The molecule has 2 heterocycles. The van der Waals surface area contributed by atoms with Crippen LogP contribution in [0.25, 0.3) is 0 Å². The van der Waals surface area contributed by atoms with Crippen molar-refractivity contribution < 1.29 is 9.53 Å². The SMILES string of the molecule is Cc1cccc(CCC(=O)N2CCC[C@H](Oc3cnccn3)C2)c1. The number of rotatable bonds is 5. The van der Waals surface area contributed by atoms with Crippen molar-refractivity contribution in [3.05, 3.63) is 54.0 Å². The van der Waals surface area contributed by atoms with Gasteiger partial charge in [0, 0.05) is 25.4 Å². The maximum Gasteiger partial charge on any atom is 0.232 e. The number of aryl methyl sites for hydroxylation is 2. The summed E-state index contributed by atoms with van der Waals surface area (Å²) in [4.78, 5) is 22.6. The molecule has 0 saturated carbocycles. The highest BCUT2D eigenvalue weighted by molar-refractivity contribution is 5.76. The predicted octanol–water partition coefficient (Wildman–Crippen LogP) is 2.79. The van der Waals surface area contributed by atoms with Crippen LogP contribution in [0.4, 0.5) is 0 Å². The fraction of sp³-hybridized carbons (Fsp3) is 0.421. The molecule has 0 unspecified atom stereocenters. The third-order valence-corrected chi connectivity index (χ3v) is 4.27. The van der Waals surface area contributed by atoms with E-state index in [1.54, 1.807) is 18.6 Å². The van der Waals surface area contributed by atoms with Gasteiger partial charge >= 0.3 is 0 Å². The van der Waals surface area contributed by atoms with Gasteiger partial charge < -0.3 is 9.64 Å². The lowest BCUT2D eigenvalue weighted by Gasteiger charge is -2.32. The molecule has 1 aliphatic rings. The van der Waals surface area contributed by atoms with Gasteiger partial charge in [-0.05, 0) is 31.7 Å². The Labute approximate surface area is 142 Å². The lowest BCUT2D eigenvalue weighted by molar-refractivity contribution is -0.133. The Kier molecular flexibility index (Phi) is 5.41. The summed E-state index contributed by atoms with van der Waals surface area (Å²) in [6.45, 7) is 3.51. The molecule has 1 amide bonds. The Morgan fingerprint density at radius 1 is 1.38 bits per heavy atom. The molecule has 0 aliphatic carbocycles. The summed E-state index contributed by atoms with van der Waals surface area (Å²) in [6, 6.07) is 8.34. The Morgan fingerprint density at radius 3 is 3.08 bits per heavy atom. The number of carbonyl (C=O) groups is 1. The van der Waals surface area contributed by atoms with Gasteiger partial charge in [-0.25, -0.2) is 4.98 Å². The molecule has 1 aromatic carbocycles. The van der Waals surface area contributed by atoms with Crippen LogP contribution in [0.15, 0.2) is 42.9 Å². The van der Waals surface area contributed by atoms with Gasteiger partial charge in [-0.2, -0.15) is 0 Å². The number of piperidine rings is 1. The average Bonchev–Trinajstić information content (AvgIpc) is 2.61. The van der Waals surface area contributed by atoms with Crippen LogP contribution >= 0.6 is 0 Å². The maximum atomic E-state index is 12.5. The first-order chi connectivity index (χ1) is 11.7. The first kappa shape index (κ1) is 16.4. The number of hydrogen-bond acceptors (Lipinski definition) is 4. The summed E-state index contributed by atoms with van der Waals surface area (Å²) in [5, 5.41) is 0. The van der Waals surface area contributed by atoms with E-state index >= 15 is 0 Å². The Balaban J connectivity index is 1.51. The van der Waals surface area contributed by atoms with Gasteiger partial charge in [-0.15, -0.1) is 0 Å². The zero-order chi connectivity index (χ0) is 16.8. The molecular formula is C19H23N3O2. The van der Waals surface area contributed by atoms with Crippen molar-refractivity contribution in [2.75, 3.05) is 13.1 Å². The summed E-state index contributed by atoms with van der Waals surface area (Å²) in [5.74, 6) is 0.723. The van der Waals surface area contributed by atoms with Gasteiger partial charge in [0.2, 0.25) is 11.8 Å². The van der Waals surface area contributed by atoms with Crippen LogP contribution in [0.2, 0.25) is 0 Å². The van der Waals surface area contributed by atoms with Gasteiger partial charge in [0.1, 0.15) is 6.10 Å². The van der Waals surface area contributed by atoms with Crippen molar-refractivity contribution in [2.24, 2.45) is 0 Å². The summed E-state index contributed by atoms with van der Waals surface area (Å²) in [6.07, 6.45) is 8.07. The topological polar surface area (TPSA) is 55.3 Å². The number of amides is 1. The minimum absolute atomic E-state index is 0.00151. The molecule has 3 rings (SSSR count). The summed E-state index contributed by atoms with van der Waals surface area (Å²) >= 11 is 0. The smallest absolute Gasteiger partial charge is 0.232 e. The van der Waals surface area contributed by atoms with E-state index in [4.69, 9.17) is 4.74 Å². The molecule has 2 aromatic rings. The lowest BCUT2D eigenvalue weighted by atomic mass is 10.0. The number of hydrogen-bond donors (Lipinski definition) is 0. The Hall–Kier alpha value is -2.43. The number of nitrogens with zero attached hydrogens (tertiary/aromatic N) is 3. The largest absolute Gasteiger partial charge is 0.471 e. The molecule has 24 heavy (non-hydrogen) atoms. The number of benzene rings is 1. The predicted molar refractivity (Wildman–Crippen MR) is 91.8 cm³/mol. The normalized spacial score (nSPS) is 17.5. The number of carbonyl (C=O) groups excluding carboxylic acids is 1.